The maximum absolute atomic E-state index is 12.4. The van der Waals surface area contributed by atoms with E-state index >= 15 is 0 Å². The lowest BCUT2D eigenvalue weighted by molar-refractivity contribution is -0.385. The van der Waals surface area contributed by atoms with Crippen molar-refractivity contribution in [3.8, 4) is 5.88 Å². The van der Waals surface area contributed by atoms with E-state index in [2.05, 4.69) is 9.72 Å². The molecule has 7 heteroatoms. The standard InChI is InChI=1S/C8H8F2N2O3/c1-4-6(12(13)14)3-5(7(9)10)8(11-4)15-2/h3,7H,1-2H3. The first-order valence-electron chi connectivity index (χ1n) is 3.95. The second-order valence-corrected chi connectivity index (χ2v) is 2.75. The minimum Gasteiger partial charge on any atom is -0.481 e. The average molecular weight is 218 g/mol. The van der Waals surface area contributed by atoms with Crippen molar-refractivity contribution in [2.24, 2.45) is 0 Å². The number of hydrogen-bond acceptors (Lipinski definition) is 4. The highest BCUT2D eigenvalue weighted by atomic mass is 19.3. The first-order chi connectivity index (χ1) is 6.97. The maximum atomic E-state index is 12.4. The van der Waals surface area contributed by atoms with Crippen LogP contribution in [-0.2, 0) is 0 Å². The Balaban J connectivity index is 3.37. The Bertz CT molecular complexity index is 396. The fourth-order valence-corrected chi connectivity index (χ4v) is 1.09. The smallest absolute Gasteiger partial charge is 0.291 e. The fraction of sp³-hybridized carbons (Fsp3) is 0.375. The number of nitro groups is 1. The molecule has 0 radical (unpaired) electrons. The summed E-state index contributed by atoms with van der Waals surface area (Å²) in [5, 5.41) is 10.5. The monoisotopic (exact) mass is 218 g/mol. The number of hydrogen-bond donors (Lipinski definition) is 0. The largest absolute Gasteiger partial charge is 0.481 e. The Morgan fingerprint density at radius 3 is 2.60 bits per heavy atom. The van der Waals surface area contributed by atoms with Crippen molar-refractivity contribution in [3.63, 3.8) is 0 Å². The number of ether oxygens (including phenoxy) is 1. The van der Waals surface area contributed by atoms with Crippen LogP contribution in [0.5, 0.6) is 5.88 Å². The maximum Gasteiger partial charge on any atom is 0.291 e. The third-order valence-corrected chi connectivity index (χ3v) is 1.80. The molecule has 15 heavy (non-hydrogen) atoms. The number of nitrogens with zero attached hydrogens (tertiary/aromatic N) is 2. The quantitative estimate of drug-likeness (QED) is 0.576. The van der Waals surface area contributed by atoms with Crippen LogP contribution in [-0.4, -0.2) is 17.0 Å². The molecule has 1 aromatic rings. The van der Waals surface area contributed by atoms with Crippen LogP contribution < -0.4 is 4.74 Å². The summed E-state index contributed by atoms with van der Waals surface area (Å²) in [6.45, 7) is 1.36. The lowest BCUT2D eigenvalue weighted by atomic mass is 10.2. The van der Waals surface area contributed by atoms with Gasteiger partial charge in [-0.05, 0) is 6.92 Å². The highest BCUT2D eigenvalue weighted by molar-refractivity contribution is 5.43. The molecule has 0 aliphatic carbocycles. The van der Waals surface area contributed by atoms with Gasteiger partial charge >= 0.3 is 0 Å². The Morgan fingerprint density at radius 2 is 2.20 bits per heavy atom. The first-order valence-corrected chi connectivity index (χ1v) is 3.95. The van der Waals surface area contributed by atoms with Gasteiger partial charge in [0.05, 0.1) is 17.6 Å². The molecule has 0 amide bonds. The third kappa shape index (κ3) is 2.17. The normalized spacial score (nSPS) is 10.5. The van der Waals surface area contributed by atoms with Gasteiger partial charge in [-0.1, -0.05) is 0 Å². The van der Waals surface area contributed by atoms with E-state index in [1.165, 1.54) is 14.0 Å². The van der Waals surface area contributed by atoms with Gasteiger partial charge in [-0.3, -0.25) is 10.1 Å². The average Bonchev–Trinajstić information content (AvgIpc) is 2.16. The Hall–Kier alpha value is -1.79. The number of halogens is 2. The van der Waals surface area contributed by atoms with Crippen LogP contribution >= 0.6 is 0 Å². The zero-order chi connectivity index (χ0) is 11.6. The number of aromatic nitrogens is 1. The van der Waals surface area contributed by atoms with Crippen LogP contribution in [0.15, 0.2) is 6.07 Å². The van der Waals surface area contributed by atoms with Gasteiger partial charge in [0.1, 0.15) is 5.69 Å². The van der Waals surface area contributed by atoms with Gasteiger partial charge in [0.25, 0.3) is 12.1 Å². The number of aryl methyl sites for hydroxylation is 1. The number of pyridine rings is 1. The van der Waals surface area contributed by atoms with Crippen molar-refractivity contribution in [2.75, 3.05) is 7.11 Å². The summed E-state index contributed by atoms with van der Waals surface area (Å²) in [5.74, 6) is -0.284. The fourth-order valence-electron chi connectivity index (χ4n) is 1.09. The van der Waals surface area contributed by atoms with E-state index < -0.39 is 22.6 Å². The summed E-state index contributed by atoms with van der Waals surface area (Å²) in [5.41, 5.74) is -0.970. The molecule has 0 saturated heterocycles. The van der Waals surface area contributed by atoms with Crippen LogP contribution in [0, 0.1) is 17.0 Å². The highest BCUT2D eigenvalue weighted by Crippen LogP contribution is 2.31. The van der Waals surface area contributed by atoms with Gasteiger partial charge in [-0.2, -0.15) is 0 Å². The van der Waals surface area contributed by atoms with Crippen molar-refractivity contribution in [1.29, 1.82) is 0 Å². The van der Waals surface area contributed by atoms with Crippen LogP contribution in [0.4, 0.5) is 14.5 Å². The van der Waals surface area contributed by atoms with E-state index in [4.69, 9.17) is 0 Å². The van der Waals surface area contributed by atoms with E-state index in [-0.39, 0.29) is 11.6 Å². The molecule has 0 unspecified atom stereocenters. The van der Waals surface area contributed by atoms with Crippen molar-refractivity contribution in [3.05, 3.63) is 27.4 Å². The van der Waals surface area contributed by atoms with E-state index in [0.717, 1.165) is 6.07 Å². The van der Waals surface area contributed by atoms with Crippen molar-refractivity contribution in [2.45, 2.75) is 13.3 Å². The van der Waals surface area contributed by atoms with Gasteiger partial charge < -0.3 is 4.74 Å². The van der Waals surface area contributed by atoms with Crippen LogP contribution in [0.1, 0.15) is 17.7 Å². The number of alkyl halides is 2. The van der Waals surface area contributed by atoms with Gasteiger partial charge in [0.15, 0.2) is 0 Å². The molecular weight excluding hydrogens is 210 g/mol. The first kappa shape index (κ1) is 11.3. The molecule has 1 aromatic heterocycles. The van der Waals surface area contributed by atoms with E-state index in [1.807, 2.05) is 0 Å². The summed E-state index contributed by atoms with van der Waals surface area (Å²) in [6.07, 6.45) is -2.85. The predicted octanol–water partition coefficient (Wildman–Crippen LogP) is 2.24. The van der Waals surface area contributed by atoms with Gasteiger partial charge in [-0.25, -0.2) is 13.8 Å². The molecular formula is C8H8F2N2O3. The summed E-state index contributed by atoms with van der Waals surface area (Å²) in [4.78, 5) is 13.3. The second kappa shape index (κ2) is 4.16. The van der Waals surface area contributed by atoms with Gasteiger partial charge in [-0.15, -0.1) is 0 Å². The van der Waals surface area contributed by atoms with E-state index in [0.29, 0.717) is 0 Å². The van der Waals surface area contributed by atoms with Crippen molar-refractivity contribution >= 4 is 5.69 Å². The molecule has 1 heterocycles. The highest BCUT2D eigenvalue weighted by Gasteiger charge is 2.22. The summed E-state index contributed by atoms with van der Waals surface area (Å²) < 4.78 is 29.5. The molecule has 0 bridgehead atoms. The molecule has 0 saturated carbocycles. The molecule has 0 aliphatic rings. The molecule has 0 atom stereocenters. The van der Waals surface area contributed by atoms with Gasteiger partial charge in [0.2, 0.25) is 5.88 Å². The Morgan fingerprint density at radius 1 is 1.60 bits per heavy atom. The Kier molecular flexibility index (Phi) is 3.13. The summed E-state index contributed by atoms with van der Waals surface area (Å²) in [7, 11) is 1.18. The molecule has 0 fully saturated rings. The second-order valence-electron chi connectivity index (χ2n) is 2.75. The minimum atomic E-state index is -2.85. The number of rotatable bonds is 3. The zero-order valence-electron chi connectivity index (χ0n) is 8.03. The molecule has 0 N–H and O–H groups in total. The Labute approximate surface area is 83.8 Å². The zero-order valence-corrected chi connectivity index (χ0v) is 8.03. The predicted molar refractivity (Wildman–Crippen MR) is 47.1 cm³/mol. The van der Waals surface area contributed by atoms with E-state index in [1.54, 1.807) is 0 Å². The molecule has 0 aromatic carbocycles. The summed E-state index contributed by atoms with van der Waals surface area (Å²) >= 11 is 0. The van der Waals surface area contributed by atoms with Crippen molar-refractivity contribution < 1.29 is 18.4 Å². The molecule has 1 rings (SSSR count). The molecule has 5 nitrogen and oxygen atoms in total. The molecule has 82 valence electrons. The van der Waals surface area contributed by atoms with Crippen LogP contribution in [0.3, 0.4) is 0 Å². The van der Waals surface area contributed by atoms with Gasteiger partial charge in [0, 0.05) is 6.07 Å². The van der Waals surface area contributed by atoms with Crippen molar-refractivity contribution in [1.82, 2.24) is 4.98 Å². The third-order valence-electron chi connectivity index (χ3n) is 1.80. The molecule has 0 spiro atoms. The van der Waals surface area contributed by atoms with E-state index in [9.17, 15) is 18.9 Å². The SMILES string of the molecule is COc1nc(C)c([N+](=O)[O-])cc1C(F)F. The van der Waals surface area contributed by atoms with Crippen LogP contribution in [0.2, 0.25) is 0 Å². The number of methoxy groups -OCH3 is 1. The summed E-state index contributed by atoms with van der Waals surface area (Å²) in [6, 6.07) is 0.784. The minimum absolute atomic E-state index is 0.0428. The lowest BCUT2D eigenvalue weighted by Crippen LogP contribution is -2.01. The topological polar surface area (TPSA) is 65.3 Å². The van der Waals surface area contributed by atoms with Crippen LogP contribution in [0.25, 0.3) is 0 Å². The molecule has 0 aliphatic heterocycles. The lowest BCUT2D eigenvalue weighted by Gasteiger charge is -2.07.